The standard InChI is InChI=1S/C23H24ClIN10O/c24-19-21(30-13-15-4-8-16(25)9-5-15)32-20(26)18(31-19)22(36)33-23(27)29-12-2-1-3-14-6-10-17(11-7-14)34-35-28/h4-11H,1-3,12-13H2,(H3,26,30,32)(H3,27,29,33,36)/i25-2. The minimum atomic E-state index is -0.646. The van der Waals surface area contributed by atoms with E-state index in [2.05, 4.69) is 58.2 Å². The molecule has 3 aromatic rings. The number of halogens is 2. The number of aliphatic imine (C=N–C) groups is 1. The van der Waals surface area contributed by atoms with E-state index in [1.165, 1.54) is 0 Å². The minimum absolute atomic E-state index is 0.0165. The predicted octanol–water partition coefficient (Wildman–Crippen LogP) is 4.94. The van der Waals surface area contributed by atoms with Crippen molar-refractivity contribution in [2.75, 3.05) is 17.6 Å². The highest BCUT2D eigenvalue weighted by atomic mass is 125. The number of rotatable bonds is 10. The summed E-state index contributed by atoms with van der Waals surface area (Å²) in [6, 6.07) is 15.3. The highest BCUT2D eigenvalue weighted by molar-refractivity contribution is 14.1. The summed E-state index contributed by atoms with van der Waals surface area (Å²) in [4.78, 5) is 27.7. The van der Waals surface area contributed by atoms with Crippen molar-refractivity contribution in [2.24, 2.45) is 15.8 Å². The lowest BCUT2D eigenvalue weighted by Gasteiger charge is -2.11. The molecule has 0 saturated heterocycles. The number of nitrogens with two attached hydrogens (primary N) is 2. The number of carbonyl (C=O) groups is 1. The summed E-state index contributed by atoms with van der Waals surface area (Å²) in [5, 5.41) is 9.09. The fourth-order valence-electron chi connectivity index (χ4n) is 3.13. The molecular weight excluding hydrogens is 593 g/mol. The van der Waals surface area contributed by atoms with Crippen molar-refractivity contribution in [1.29, 1.82) is 0 Å². The summed E-state index contributed by atoms with van der Waals surface area (Å²) in [6.45, 7) is 0.906. The van der Waals surface area contributed by atoms with Gasteiger partial charge in [-0.2, -0.15) is 0 Å². The van der Waals surface area contributed by atoms with Gasteiger partial charge in [-0.25, -0.2) is 9.97 Å². The second kappa shape index (κ2) is 13.5. The van der Waals surface area contributed by atoms with E-state index in [1.54, 1.807) is 12.1 Å². The quantitative estimate of drug-likeness (QED) is 0.0476. The molecule has 1 heterocycles. The smallest absolute Gasteiger partial charge is 0.280 e. The fourth-order valence-corrected chi connectivity index (χ4v) is 3.69. The molecule has 3 rings (SSSR count). The fraction of sp³-hybridized carbons (Fsp3) is 0.217. The number of nitrogens with one attached hydrogen (secondary N) is 2. The van der Waals surface area contributed by atoms with Crippen molar-refractivity contribution >= 4 is 63.4 Å². The minimum Gasteiger partial charge on any atom is -0.382 e. The lowest BCUT2D eigenvalue weighted by atomic mass is 10.1. The van der Waals surface area contributed by atoms with Crippen molar-refractivity contribution in [1.82, 2.24) is 15.3 Å². The zero-order valence-electron chi connectivity index (χ0n) is 19.2. The van der Waals surface area contributed by atoms with Crippen LogP contribution < -0.4 is 22.1 Å². The monoisotopic (exact) mass is 616 g/mol. The highest BCUT2D eigenvalue weighted by Crippen LogP contribution is 2.21. The van der Waals surface area contributed by atoms with E-state index in [-0.39, 0.29) is 28.4 Å². The predicted molar refractivity (Wildman–Crippen MR) is 150 cm³/mol. The number of nitrogens with zero attached hydrogens (tertiary/aromatic N) is 6. The number of unbranched alkanes of at least 4 members (excludes halogenated alkanes) is 1. The molecule has 0 bridgehead atoms. The SMILES string of the molecule is [N-]=[N+]=Nc1ccc(CCCCN=C(N)NC(=O)c2nc(Cl)c(NCc3ccc([125I])cc3)nc2N)cc1. The van der Waals surface area contributed by atoms with Gasteiger partial charge in [0.15, 0.2) is 28.4 Å². The normalized spacial score (nSPS) is 11.0. The first-order valence-corrected chi connectivity index (χ1v) is 12.4. The summed E-state index contributed by atoms with van der Waals surface area (Å²) >= 11 is 8.44. The first-order valence-electron chi connectivity index (χ1n) is 10.9. The third kappa shape index (κ3) is 8.26. The Hall–Kier alpha value is -3.61. The molecule has 0 spiro atoms. The highest BCUT2D eigenvalue weighted by Gasteiger charge is 2.17. The summed E-state index contributed by atoms with van der Waals surface area (Å²) in [6.07, 6.45) is 2.48. The van der Waals surface area contributed by atoms with Crippen LogP contribution in [0.2, 0.25) is 5.15 Å². The third-order valence-corrected chi connectivity index (χ3v) is 5.95. The van der Waals surface area contributed by atoms with Crippen LogP contribution in [0, 0.1) is 3.57 Å². The molecule has 1 amide bonds. The topological polar surface area (TPSA) is 180 Å². The summed E-state index contributed by atoms with van der Waals surface area (Å²) in [5.74, 6) is -0.496. The Morgan fingerprint density at radius 1 is 1.08 bits per heavy atom. The maximum absolute atomic E-state index is 12.5. The third-order valence-electron chi connectivity index (χ3n) is 4.96. The molecule has 0 fully saturated rings. The van der Waals surface area contributed by atoms with Gasteiger partial charge in [-0.15, -0.1) is 0 Å². The van der Waals surface area contributed by atoms with E-state index < -0.39 is 5.91 Å². The number of nitrogen functional groups attached to an aromatic ring is 1. The molecule has 0 atom stereocenters. The van der Waals surface area contributed by atoms with Crippen LogP contribution >= 0.6 is 34.2 Å². The maximum Gasteiger partial charge on any atom is 0.280 e. The number of amides is 1. The van der Waals surface area contributed by atoms with E-state index in [9.17, 15) is 4.79 Å². The van der Waals surface area contributed by atoms with Gasteiger partial charge in [0.25, 0.3) is 5.91 Å². The number of aromatic nitrogens is 2. The van der Waals surface area contributed by atoms with E-state index in [4.69, 9.17) is 28.6 Å². The number of benzene rings is 2. The second-order valence-electron chi connectivity index (χ2n) is 7.61. The Kier molecular flexibility index (Phi) is 10.1. The van der Waals surface area contributed by atoms with Crippen LogP contribution in [0.1, 0.15) is 34.5 Å². The Labute approximate surface area is 226 Å². The van der Waals surface area contributed by atoms with Crippen LogP contribution in [0.4, 0.5) is 17.3 Å². The van der Waals surface area contributed by atoms with Gasteiger partial charge in [0.2, 0.25) is 0 Å². The van der Waals surface area contributed by atoms with Gasteiger partial charge in [-0.3, -0.25) is 15.1 Å². The van der Waals surface area contributed by atoms with Crippen LogP contribution in [-0.4, -0.2) is 28.4 Å². The molecule has 0 saturated carbocycles. The van der Waals surface area contributed by atoms with Crippen LogP contribution in [0.3, 0.4) is 0 Å². The molecule has 0 radical (unpaired) electrons. The van der Waals surface area contributed by atoms with Crippen LogP contribution in [-0.2, 0) is 13.0 Å². The summed E-state index contributed by atoms with van der Waals surface area (Å²) < 4.78 is 1.13. The zero-order chi connectivity index (χ0) is 25.9. The van der Waals surface area contributed by atoms with Crippen LogP contribution in [0.5, 0.6) is 0 Å². The molecule has 0 aliphatic heterocycles. The van der Waals surface area contributed by atoms with Gasteiger partial charge in [0.05, 0.1) is 0 Å². The Morgan fingerprint density at radius 3 is 2.47 bits per heavy atom. The number of aryl methyl sites for hydroxylation is 1. The van der Waals surface area contributed by atoms with Crippen molar-refractivity contribution in [3.63, 3.8) is 0 Å². The number of guanidine groups is 1. The Morgan fingerprint density at radius 2 is 1.78 bits per heavy atom. The summed E-state index contributed by atoms with van der Waals surface area (Å²) in [7, 11) is 0. The molecule has 1 aromatic heterocycles. The molecule has 6 N–H and O–H groups in total. The molecule has 2 aromatic carbocycles. The molecule has 186 valence electrons. The first-order chi connectivity index (χ1) is 17.4. The van der Waals surface area contributed by atoms with Gasteiger partial charge in [-0.05, 0) is 70.6 Å². The number of hydrogen-bond donors (Lipinski definition) is 4. The molecule has 13 heteroatoms. The van der Waals surface area contributed by atoms with Crippen molar-refractivity contribution in [3.05, 3.63) is 84.5 Å². The van der Waals surface area contributed by atoms with Crippen molar-refractivity contribution in [2.45, 2.75) is 25.8 Å². The average molecular weight is 617 g/mol. The number of hydrogen-bond acceptors (Lipinski definition) is 7. The average Bonchev–Trinajstić information content (AvgIpc) is 2.86. The van der Waals surface area contributed by atoms with Crippen LogP contribution in [0.15, 0.2) is 58.6 Å². The first kappa shape index (κ1) is 27.0. The van der Waals surface area contributed by atoms with Gasteiger partial charge >= 0.3 is 0 Å². The lowest BCUT2D eigenvalue weighted by molar-refractivity contribution is 0.0972. The molecule has 36 heavy (non-hydrogen) atoms. The van der Waals surface area contributed by atoms with E-state index in [0.29, 0.717) is 18.8 Å². The van der Waals surface area contributed by atoms with Gasteiger partial charge in [0.1, 0.15) is 0 Å². The number of anilines is 2. The van der Waals surface area contributed by atoms with E-state index in [0.717, 1.165) is 34.0 Å². The van der Waals surface area contributed by atoms with Crippen molar-refractivity contribution < 1.29 is 4.79 Å². The van der Waals surface area contributed by atoms with Gasteiger partial charge in [-0.1, -0.05) is 53.1 Å². The molecule has 0 aliphatic carbocycles. The van der Waals surface area contributed by atoms with E-state index in [1.807, 2.05) is 36.4 Å². The molecular formula is C23H24ClIN10O. The maximum atomic E-state index is 12.5. The summed E-state index contributed by atoms with van der Waals surface area (Å²) in [5.41, 5.74) is 22.8. The lowest BCUT2D eigenvalue weighted by Crippen LogP contribution is -2.38. The second-order valence-corrected chi connectivity index (χ2v) is 9.21. The van der Waals surface area contributed by atoms with E-state index >= 15 is 0 Å². The van der Waals surface area contributed by atoms with Crippen molar-refractivity contribution in [3.8, 4) is 0 Å². The molecule has 11 nitrogen and oxygen atoms in total. The Balaban J connectivity index is 1.47. The van der Waals surface area contributed by atoms with Gasteiger partial charge in [0, 0.05) is 27.3 Å². The number of azide groups is 1. The molecule has 0 unspecified atom stereocenters. The Bertz CT molecular complexity index is 1280. The van der Waals surface area contributed by atoms with Gasteiger partial charge < -0.3 is 16.8 Å². The number of carbonyl (C=O) groups excluding carboxylic acids is 1. The molecule has 0 aliphatic rings. The largest absolute Gasteiger partial charge is 0.382 e. The van der Waals surface area contributed by atoms with Crippen LogP contribution in [0.25, 0.3) is 10.4 Å². The zero-order valence-corrected chi connectivity index (χ0v) is 22.1.